The minimum Gasteiger partial charge on any atom is -0.381 e. The number of rotatable bonds is 5. The van der Waals surface area contributed by atoms with E-state index in [0.29, 0.717) is 18.4 Å². The zero-order valence-electron chi connectivity index (χ0n) is 14.8. The van der Waals surface area contributed by atoms with Crippen LogP contribution in [0.1, 0.15) is 36.8 Å². The average molecular weight is 382 g/mol. The number of carbonyl (C=O) groups is 1. The Morgan fingerprint density at radius 3 is 2.56 bits per heavy atom. The zero-order chi connectivity index (χ0) is 19.5. The normalized spacial score (nSPS) is 33.3. The van der Waals surface area contributed by atoms with E-state index in [1.807, 2.05) is 0 Å². The summed E-state index contributed by atoms with van der Waals surface area (Å²) in [7, 11) is 1.68. The Morgan fingerprint density at radius 2 is 2.00 bits per heavy atom. The minimum atomic E-state index is -4.57. The highest BCUT2D eigenvalue weighted by atomic mass is 19.4. The summed E-state index contributed by atoms with van der Waals surface area (Å²) in [5, 5.41) is 9.15. The second-order valence-corrected chi connectivity index (χ2v) is 8.03. The molecule has 146 valence electrons. The van der Waals surface area contributed by atoms with Gasteiger partial charge in [-0.05, 0) is 42.7 Å². The third-order valence-corrected chi connectivity index (χ3v) is 5.97. The average Bonchev–Trinajstić information content (AvgIpc) is 3.36. The van der Waals surface area contributed by atoms with Crippen molar-refractivity contribution in [3.05, 3.63) is 35.4 Å². The van der Waals surface area contributed by atoms with Gasteiger partial charge in [0.25, 0.3) is 0 Å². The highest BCUT2D eigenvalue weighted by Gasteiger charge is 2.65. The molecule has 3 N–H and O–H groups in total. The lowest BCUT2D eigenvalue weighted by atomic mass is 9.47. The summed E-state index contributed by atoms with van der Waals surface area (Å²) in [6.07, 6.45) is -1.26. The summed E-state index contributed by atoms with van der Waals surface area (Å²) in [6.45, 7) is 0.104. The van der Waals surface area contributed by atoms with Gasteiger partial charge in [-0.25, -0.2) is 0 Å². The number of halogens is 3. The Kier molecular flexibility index (Phi) is 3.91. The second-order valence-electron chi connectivity index (χ2n) is 8.03. The molecule has 1 aliphatic heterocycles. The van der Waals surface area contributed by atoms with E-state index in [0.717, 1.165) is 12.8 Å². The summed E-state index contributed by atoms with van der Waals surface area (Å²) in [5.74, 6) is -0.272. The van der Waals surface area contributed by atoms with Crippen LogP contribution >= 0.6 is 0 Å². The summed E-state index contributed by atoms with van der Waals surface area (Å²) in [6, 6.07) is 5.86. The number of nitrogens with two attached hydrogens (primary N) is 1. The van der Waals surface area contributed by atoms with E-state index in [9.17, 15) is 18.0 Å². The molecule has 0 atom stereocenters. The molecule has 0 unspecified atom stereocenters. The molecule has 1 amide bonds. The molecular formula is C18H21F3N4O2. The standard InChI is InChI=1S/C18H21F3N4O2/c1-27-13-6-15(7-13)9-16(22,10-15)14(26)23-8-11-3-2-4-12(5-11)17(24-25-17)18(19,20)21/h2-5,13H,6-10,22H2,1H3,(H,23,26). The van der Waals surface area contributed by atoms with Gasteiger partial charge in [-0.3, -0.25) is 4.79 Å². The van der Waals surface area contributed by atoms with Crippen LogP contribution in [0.5, 0.6) is 0 Å². The van der Waals surface area contributed by atoms with Gasteiger partial charge in [-0.15, -0.1) is 10.2 Å². The number of alkyl halides is 3. The molecule has 2 fully saturated rings. The Morgan fingerprint density at radius 1 is 1.33 bits per heavy atom. The molecule has 4 rings (SSSR count). The predicted molar refractivity (Wildman–Crippen MR) is 89.5 cm³/mol. The Labute approximate surface area is 154 Å². The van der Waals surface area contributed by atoms with Crippen LogP contribution in [0.4, 0.5) is 13.2 Å². The molecule has 0 aromatic heterocycles. The summed E-state index contributed by atoms with van der Waals surface area (Å²) in [5.41, 5.74) is 3.46. The first-order valence-corrected chi connectivity index (χ1v) is 8.82. The highest BCUT2D eigenvalue weighted by Crippen LogP contribution is 2.60. The van der Waals surface area contributed by atoms with Gasteiger partial charge in [0.15, 0.2) is 0 Å². The number of methoxy groups -OCH3 is 1. The number of hydrogen-bond donors (Lipinski definition) is 2. The van der Waals surface area contributed by atoms with Crippen molar-refractivity contribution < 1.29 is 22.7 Å². The van der Waals surface area contributed by atoms with Gasteiger partial charge in [0.2, 0.25) is 5.91 Å². The van der Waals surface area contributed by atoms with Crippen LogP contribution in [0.3, 0.4) is 0 Å². The molecule has 1 aromatic carbocycles. The molecule has 1 spiro atoms. The Hall–Kier alpha value is -2.00. The van der Waals surface area contributed by atoms with Crippen molar-refractivity contribution in [2.75, 3.05) is 7.11 Å². The number of nitrogens with one attached hydrogen (secondary N) is 1. The lowest BCUT2D eigenvalue weighted by molar-refractivity contribution is -0.166. The van der Waals surface area contributed by atoms with E-state index >= 15 is 0 Å². The van der Waals surface area contributed by atoms with Gasteiger partial charge in [-0.2, -0.15) is 13.2 Å². The number of ether oxygens (including phenoxy) is 1. The van der Waals surface area contributed by atoms with Crippen LogP contribution in [0, 0.1) is 5.41 Å². The molecule has 6 nitrogen and oxygen atoms in total. The first-order chi connectivity index (χ1) is 12.6. The number of carbonyl (C=O) groups excluding carboxylic acids is 1. The van der Waals surface area contributed by atoms with Crippen molar-refractivity contribution in [1.82, 2.24) is 5.32 Å². The molecule has 1 heterocycles. The lowest BCUT2D eigenvalue weighted by Gasteiger charge is -2.60. The number of amides is 1. The number of benzene rings is 1. The SMILES string of the molecule is COC1CC2(C1)CC(N)(C(=O)NCc1cccc(C3(C(F)(F)F)N=N3)c1)C2. The monoisotopic (exact) mass is 382 g/mol. The van der Waals surface area contributed by atoms with Crippen LogP contribution in [0.25, 0.3) is 0 Å². The van der Waals surface area contributed by atoms with Gasteiger partial charge in [0, 0.05) is 19.2 Å². The van der Waals surface area contributed by atoms with Crippen molar-refractivity contribution in [3.8, 4) is 0 Å². The van der Waals surface area contributed by atoms with Crippen LogP contribution in [0.15, 0.2) is 34.5 Å². The van der Waals surface area contributed by atoms with E-state index < -0.39 is 17.4 Å². The molecular weight excluding hydrogens is 361 g/mol. The van der Waals surface area contributed by atoms with E-state index in [-0.39, 0.29) is 29.5 Å². The number of hydrogen-bond acceptors (Lipinski definition) is 5. The first kappa shape index (κ1) is 18.4. The minimum absolute atomic E-state index is 0.0492. The van der Waals surface area contributed by atoms with Crippen LogP contribution < -0.4 is 11.1 Å². The van der Waals surface area contributed by atoms with E-state index in [1.165, 1.54) is 18.2 Å². The summed E-state index contributed by atoms with van der Waals surface area (Å²) >= 11 is 0. The largest absolute Gasteiger partial charge is 0.442 e. The smallest absolute Gasteiger partial charge is 0.381 e. The highest BCUT2D eigenvalue weighted by molar-refractivity contribution is 5.87. The molecule has 2 aliphatic carbocycles. The fourth-order valence-corrected chi connectivity index (χ4v) is 4.51. The van der Waals surface area contributed by atoms with Crippen LogP contribution in [-0.4, -0.2) is 30.8 Å². The second kappa shape index (κ2) is 5.75. The van der Waals surface area contributed by atoms with Gasteiger partial charge < -0.3 is 15.8 Å². The third kappa shape index (κ3) is 2.93. The summed E-state index contributed by atoms with van der Waals surface area (Å²) < 4.78 is 44.6. The lowest BCUT2D eigenvalue weighted by Crippen LogP contribution is -2.69. The molecule has 0 radical (unpaired) electrons. The predicted octanol–water partition coefficient (Wildman–Crippen LogP) is 2.77. The molecule has 0 bridgehead atoms. The Bertz CT molecular complexity index is 788. The van der Waals surface area contributed by atoms with Crippen LogP contribution in [-0.2, 0) is 21.7 Å². The maximum absolute atomic E-state index is 13.1. The molecule has 2 saturated carbocycles. The van der Waals surface area contributed by atoms with Crippen LogP contribution in [0.2, 0.25) is 0 Å². The molecule has 27 heavy (non-hydrogen) atoms. The van der Waals surface area contributed by atoms with Gasteiger partial charge in [0.1, 0.15) is 0 Å². The van der Waals surface area contributed by atoms with Crippen molar-refractivity contribution >= 4 is 5.91 Å². The van der Waals surface area contributed by atoms with Crippen molar-refractivity contribution in [1.29, 1.82) is 0 Å². The topological polar surface area (TPSA) is 89.1 Å². The van der Waals surface area contributed by atoms with Crippen molar-refractivity contribution in [3.63, 3.8) is 0 Å². The summed E-state index contributed by atoms with van der Waals surface area (Å²) in [4.78, 5) is 12.5. The first-order valence-electron chi connectivity index (χ1n) is 8.82. The fourth-order valence-electron chi connectivity index (χ4n) is 4.51. The van der Waals surface area contributed by atoms with Gasteiger partial charge >= 0.3 is 11.8 Å². The number of nitrogens with zero attached hydrogens (tertiary/aromatic N) is 2. The Balaban J connectivity index is 1.35. The van der Waals surface area contributed by atoms with E-state index in [2.05, 4.69) is 15.5 Å². The molecule has 1 aromatic rings. The molecule has 9 heteroatoms. The maximum atomic E-state index is 13.1. The van der Waals surface area contributed by atoms with Crippen molar-refractivity contribution in [2.45, 2.75) is 55.7 Å². The zero-order valence-corrected chi connectivity index (χ0v) is 14.8. The van der Waals surface area contributed by atoms with E-state index in [4.69, 9.17) is 10.5 Å². The molecule has 3 aliphatic rings. The van der Waals surface area contributed by atoms with E-state index in [1.54, 1.807) is 13.2 Å². The quantitative estimate of drug-likeness (QED) is 0.821. The van der Waals surface area contributed by atoms with Gasteiger partial charge in [-0.1, -0.05) is 18.2 Å². The van der Waals surface area contributed by atoms with Crippen molar-refractivity contribution in [2.24, 2.45) is 21.4 Å². The third-order valence-electron chi connectivity index (χ3n) is 5.97. The molecule has 0 saturated heterocycles. The maximum Gasteiger partial charge on any atom is 0.442 e. The van der Waals surface area contributed by atoms with Gasteiger partial charge in [0.05, 0.1) is 11.6 Å². The fraction of sp³-hybridized carbons (Fsp3) is 0.611.